The second kappa shape index (κ2) is 6.12. The van der Waals surface area contributed by atoms with Crippen LogP contribution in [0.3, 0.4) is 0 Å². The van der Waals surface area contributed by atoms with Gasteiger partial charge < -0.3 is 10.4 Å². The summed E-state index contributed by atoms with van der Waals surface area (Å²) in [7, 11) is 0. The first kappa shape index (κ1) is 14.0. The van der Waals surface area contributed by atoms with Crippen LogP contribution in [0.1, 0.15) is 38.8 Å². The van der Waals surface area contributed by atoms with Gasteiger partial charge in [-0.15, -0.1) is 0 Å². The van der Waals surface area contributed by atoms with Gasteiger partial charge in [-0.1, -0.05) is 0 Å². The normalized spacial score (nSPS) is 13.3. The minimum Gasteiger partial charge on any atom is -0.396 e. The van der Waals surface area contributed by atoms with E-state index in [0.717, 1.165) is 29.6 Å². The molecule has 0 aromatic carbocycles. The molecule has 0 saturated heterocycles. The van der Waals surface area contributed by atoms with Gasteiger partial charge in [0.25, 0.3) is 0 Å². The minimum atomic E-state index is 0.215. The molecule has 1 unspecified atom stereocenters. The average molecular weight is 262 g/mol. The molecule has 5 nitrogen and oxygen atoms in total. The largest absolute Gasteiger partial charge is 0.396 e. The third kappa shape index (κ3) is 3.30. The summed E-state index contributed by atoms with van der Waals surface area (Å²) in [5.41, 5.74) is 2.07. The van der Waals surface area contributed by atoms with Crippen LogP contribution in [0.2, 0.25) is 0 Å². The van der Waals surface area contributed by atoms with Crippen LogP contribution in [-0.4, -0.2) is 32.5 Å². The summed E-state index contributed by atoms with van der Waals surface area (Å²) >= 11 is 0. The lowest BCUT2D eigenvalue weighted by Gasteiger charge is -2.12. The number of aromatic nitrogens is 3. The van der Waals surface area contributed by atoms with E-state index >= 15 is 0 Å². The Morgan fingerprint density at radius 1 is 1.32 bits per heavy atom. The van der Waals surface area contributed by atoms with Crippen LogP contribution in [0.5, 0.6) is 0 Å². The molecule has 104 valence electrons. The number of pyridine rings is 1. The van der Waals surface area contributed by atoms with Crippen molar-refractivity contribution in [3.05, 3.63) is 24.0 Å². The summed E-state index contributed by atoms with van der Waals surface area (Å²) in [6.45, 7) is 7.24. The zero-order valence-electron chi connectivity index (χ0n) is 11.8. The Labute approximate surface area is 113 Å². The quantitative estimate of drug-likeness (QED) is 0.834. The van der Waals surface area contributed by atoms with Crippen molar-refractivity contribution in [2.45, 2.75) is 45.8 Å². The summed E-state index contributed by atoms with van der Waals surface area (Å²) in [6, 6.07) is 2.74. The average Bonchev–Trinajstić information content (AvgIpc) is 2.79. The third-order valence-electron chi connectivity index (χ3n) is 3.20. The molecule has 0 bridgehead atoms. The SMILES string of the molecule is CC(CCO)NCc1cnc2c(cnn2C(C)C)c1. The summed E-state index contributed by atoms with van der Waals surface area (Å²) < 4.78 is 1.93. The molecule has 2 N–H and O–H groups in total. The number of fused-ring (bicyclic) bond motifs is 1. The zero-order valence-corrected chi connectivity index (χ0v) is 11.8. The molecule has 0 saturated carbocycles. The highest BCUT2D eigenvalue weighted by molar-refractivity contribution is 5.75. The lowest BCUT2D eigenvalue weighted by molar-refractivity contribution is 0.268. The molecule has 0 amide bonds. The third-order valence-corrected chi connectivity index (χ3v) is 3.20. The molecule has 19 heavy (non-hydrogen) atoms. The number of hydrogen-bond donors (Lipinski definition) is 2. The van der Waals surface area contributed by atoms with Gasteiger partial charge in [0.15, 0.2) is 5.65 Å². The van der Waals surface area contributed by atoms with Gasteiger partial charge in [-0.2, -0.15) is 5.10 Å². The van der Waals surface area contributed by atoms with Gasteiger partial charge in [-0.25, -0.2) is 9.67 Å². The van der Waals surface area contributed by atoms with Crippen LogP contribution in [0.15, 0.2) is 18.5 Å². The lowest BCUT2D eigenvalue weighted by atomic mass is 10.2. The van der Waals surface area contributed by atoms with Crippen molar-refractivity contribution in [2.75, 3.05) is 6.61 Å². The second-order valence-electron chi connectivity index (χ2n) is 5.23. The van der Waals surface area contributed by atoms with Gasteiger partial charge in [-0.3, -0.25) is 0 Å². The number of nitrogens with one attached hydrogen (secondary N) is 1. The molecule has 0 fully saturated rings. The Kier molecular flexibility index (Phi) is 4.50. The van der Waals surface area contributed by atoms with Crippen LogP contribution >= 0.6 is 0 Å². The summed E-state index contributed by atoms with van der Waals surface area (Å²) in [4.78, 5) is 4.50. The predicted molar refractivity (Wildman–Crippen MR) is 75.9 cm³/mol. The van der Waals surface area contributed by atoms with E-state index in [4.69, 9.17) is 5.11 Å². The van der Waals surface area contributed by atoms with Gasteiger partial charge in [0.2, 0.25) is 0 Å². The van der Waals surface area contributed by atoms with E-state index in [1.807, 2.05) is 17.1 Å². The van der Waals surface area contributed by atoms with E-state index in [1.54, 1.807) is 0 Å². The molecule has 1 atom stereocenters. The lowest BCUT2D eigenvalue weighted by Crippen LogP contribution is -2.26. The van der Waals surface area contributed by atoms with Crippen molar-refractivity contribution < 1.29 is 5.11 Å². The Morgan fingerprint density at radius 3 is 2.79 bits per heavy atom. The van der Waals surface area contributed by atoms with E-state index in [1.165, 1.54) is 0 Å². The number of nitrogens with zero attached hydrogens (tertiary/aromatic N) is 3. The van der Waals surface area contributed by atoms with Crippen molar-refractivity contribution in [3.63, 3.8) is 0 Å². The molecule has 2 heterocycles. The van der Waals surface area contributed by atoms with Gasteiger partial charge >= 0.3 is 0 Å². The Bertz CT molecular complexity index is 535. The van der Waals surface area contributed by atoms with Crippen LogP contribution < -0.4 is 5.32 Å². The fourth-order valence-electron chi connectivity index (χ4n) is 2.05. The van der Waals surface area contributed by atoms with Crippen LogP contribution in [-0.2, 0) is 6.54 Å². The van der Waals surface area contributed by atoms with E-state index in [2.05, 4.69) is 42.2 Å². The zero-order chi connectivity index (χ0) is 13.8. The Balaban J connectivity index is 2.10. The standard InChI is InChI=1S/C14H22N4O/c1-10(2)18-14-13(9-17-18)6-12(8-16-14)7-15-11(3)4-5-19/h6,8-11,15,19H,4-5,7H2,1-3H3. The highest BCUT2D eigenvalue weighted by Gasteiger charge is 2.08. The van der Waals surface area contributed by atoms with E-state index in [9.17, 15) is 0 Å². The first-order valence-corrected chi connectivity index (χ1v) is 6.78. The summed E-state index contributed by atoms with van der Waals surface area (Å²) in [6.07, 6.45) is 4.52. The molecule has 2 rings (SSSR count). The van der Waals surface area contributed by atoms with Crippen LogP contribution in [0, 0.1) is 0 Å². The highest BCUT2D eigenvalue weighted by atomic mass is 16.3. The van der Waals surface area contributed by atoms with E-state index in [0.29, 0.717) is 12.1 Å². The molecular weight excluding hydrogens is 240 g/mol. The first-order valence-electron chi connectivity index (χ1n) is 6.78. The molecule has 2 aromatic heterocycles. The fourth-order valence-corrected chi connectivity index (χ4v) is 2.05. The molecular formula is C14H22N4O. The fraction of sp³-hybridized carbons (Fsp3) is 0.571. The smallest absolute Gasteiger partial charge is 0.157 e. The second-order valence-corrected chi connectivity index (χ2v) is 5.23. The van der Waals surface area contributed by atoms with Crippen molar-refractivity contribution in [1.29, 1.82) is 0 Å². The highest BCUT2D eigenvalue weighted by Crippen LogP contribution is 2.16. The van der Waals surface area contributed by atoms with Gasteiger partial charge in [0.1, 0.15) is 0 Å². The number of aliphatic hydroxyl groups is 1. The van der Waals surface area contributed by atoms with Crippen LogP contribution in [0.25, 0.3) is 11.0 Å². The maximum atomic E-state index is 8.87. The number of hydrogen-bond acceptors (Lipinski definition) is 4. The summed E-state index contributed by atoms with van der Waals surface area (Å²) in [5.74, 6) is 0. The van der Waals surface area contributed by atoms with Crippen molar-refractivity contribution >= 4 is 11.0 Å². The Hall–Kier alpha value is -1.46. The molecule has 0 aliphatic heterocycles. The number of rotatable bonds is 6. The maximum Gasteiger partial charge on any atom is 0.157 e. The monoisotopic (exact) mass is 262 g/mol. The van der Waals surface area contributed by atoms with Crippen LogP contribution in [0.4, 0.5) is 0 Å². The molecule has 0 radical (unpaired) electrons. The molecule has 2 aromatic rings. The first-order chi connectivity index (χ1) is 9.11. The van der Waals surface area contributed by atoms with Gasteiger partial charge in [0, 0.05) is 36.8 Å². The summed E-state index contributed by atoms with van der Waals surface area (Å²) in [5, 5.41) is 17.7. The maximum absolute atomic E-state index is 8.87. The van der Waals surface area contributed by atoms with Gasteiger partial charge in [0.05, 0.1) is 6.20 Å². The van der Waals surface area contributed by atoms with Crippen molar-refractivity contribution in [2.24, 2.45) is 0 Å². The molecule has 0 spiro atoms. The minimum absolute atomic E-state index is 0.215. The van der Waals surface area contributed by atoms with E-state index in [-0.39, 0.29) is 6.61 Å². The molecule has 0 aliphatic carbocycles. The topological polar surface area (TPSA) is 63.0 Å². The number of aliphatic hydroxyl groups excluding tert-OH is 1. The molecule has 5 heteroatoms. The van der Waals surface area contributed by atoms with E-state index < -0.39 is 0 Å². The van der Waals surface area contributed by atoms with Crippen molar-refractivity contribution in [3.8, 4) is 0 Å². The predicted octanol–water partition coefficient (Wildman–Crippen LogP) is 1.87. The van der Waals surface area contributed by atoms with Crippen molar-refractivity contribution in [1.82, 2.24) is 20.1 Å². The Morgan fingerprint density at radius 2 is 2.11 bits per heavy atom. The molecule has 0 aliphatic rings. The van der Waals surface area contributed by atoms with Gasteiger partial charge in [-0.05, 0) is 38.8 Å².